The highest BCUT2D eigenvalue weighted by molar-refractivity contribution is 5.64. The highest BCUT2D eigenvalue weighted by Crippen LogP contribution is 2.17. The lowest BCUT2D eigenvalue weighted by molar-refractivity contribution is 0.134. The molecule has 0 heterocycles. The van der Waals surface area contributed by atoms with Gasteiger partial charge in [0.1, 0.15) is 0 Å². The first kappa shape index (κ1) is 10.0. The van der Waals surface area contributed by atoms with E-state index in [2.05, 4.69) is 18.7 Å². The molecule has 0 aliphatic rings. The Morgan fingerprint density at radius 3 is 2.69 bits per heavy atom. The van der Waals surface area contributed by atoms with E-state index in [4.69, 9.17) is 4.74 Å². The fourth-order valence-corrected chi connectivity index (χ4v) is 1.27. The zero-order valence-corrected chi connectivity index (χ0v) is 8.34. The molecule has 1 aromatic carbocycles. The Morgan fingerprint density at radius 2 is 2.08 bits per heavy atom. The summed E-state index contributed by atoms with van der Waals surface area (Å²) >= 11 is 0. The summed E-state index contributed by atoms with van der Waals surface area (Å²) in [5.41, 5.74) is 3.52. The molecule has 13 heavy (non-hydrogen) atoms. The molecule has 0 unspecified atom stereocenters. The number of benzene rings is 1. The van der Waals surface area contributed by atoms with E-state index in [1.807, 2.05) is 26.0 Å². The van der Waals surface area contributed by atoms with Crippen molar-refractivity contribution in [1.82, 2.24) is 0 Å². The van der Waals surface area contributed by atoms with Crippen LogP contribution < -0.4 is 0 Å². The summed E-state index contributed by atoms with van der Waals surface area (Å²) in [4.78, 5) is 0. The molecule has 0 aromatic heterocycles. The van der Waals surface area contributed by atoms with Crippen molar-refractivity contribution < 1.29 is 4.74 Å². The van der Waals surface area contributed by atoms with Gasteiger partial charge in [-0.25, -0.2) is 0 Å². The van der Waals surface area contributed by atoms with Crippen LogP contribution in [0.3, 0.4) is 0 Å². The largest absolute Gasteiger partial charge is 0.377 e. The molecular formula is C12H16O. The minimum Gasteiger partial charge on any atom is -0.377 e. The SMILES string of the molecule is C=C(C)c1ccccc1COCC. The predicted molar refractivity (Wildman–Crippen MR) is 56.5 cm³/mol. The minimum atomic E-state index is 0.680. The van der Waals surface area contributed by atoms with E-state index >= 15 is 0 Å². The molecule has 0 amide bonds. The summed E-state index contributed by atoms with van der Waals surface area (Å²) in [7, 11) is 0. The third kappa shape index (κ3) is 2.71. The Bertz CT molecular complexity index is 289. The summed E-state index contributed by atoms with van der Waals surface area (Å²) in [5, 5.41) is 0. The van der Waals surface area contributed by atoms with Gasteiger partial charge in [-0.15, -0.1) is 0 Å². The highest BCUT2D eigenvalue weighted by atomic mass is 16.5. The molecule has 0 radical (unpaired) electrons. The molecule has 0 aliphatic carbocycles. The summed E-state index contributed by atoms with van der Waals surface area (Å²) in [6.45, 7) is 9.40. The second-order valence-electron chi connectivity index (χ2n) is 3.07. The van der Waals surface area contributed by atoms with Gasteiger partial charge in [0.05, 0.1) is 6.61 Å². The molecule has 0 aliphatic heterocycles. The van der Waals surface area contributed by atoms with Crippen LogP contribution in [0.25, 0.3) is 5.57 Å². The Morgan fingerprint density at radius 1 is 1.38 bits per heavy atom. The van der Waals surface area contributed by atoms with Crippen molar-refractivity contribution in [2.45, 2.75) is 20.5 Å². The van der Waals surface area contributed by atoms with Crippen molar-refractivity contribution in [3.8, 4) is 0 Å². The van der Waals surface area contributed by atoms with Gasteiger partial charge in [0.25, 0.3) is 0 Å². The van der Waals surface area contributed by atoms with Gasteiger partial charge in [0.2, 0.25) is 0 Å². The van der Waals surface area contributed by atoms with Gasteiger partial charge >= 0.3 is 0 Å². The summed E-state index contributed by atoms with van der Waals surface area (Å²) in [5.74, 6) is 0. The Labute approximate surface area is 80.0 Å². The monoisotopic (exact) mass is 176 g/mol. The van der Waals surface area contributed by atoms with E-state index in [1.54, 1.807) is 0 Å². The number of hydrogen-bond acceptors (Lipinski definition) is 1. The van der Waals surface area contributed by atoms with Crippen LogP contribution >= 0.6 is 0 Å². The van der Waals surface area contributed by atoms with Crippen LogP contribution in [0.5, 0.6) is 0 Å². The summed E-state index contributed by atoms with van der Waals surface area (Å²) < 4.78 is 5.37. The molecule has 1 nitrogen and oxygen atoms in total. The summed E-state index contributed by atoms with van der Waals surface area (Å²) in [6.07, 6.45) is 0. The van der Waals surface area contributed by atoms with Crippen LogP contribution in [0.2, 0.25) is 0 Å². The first-order valence-corrected chi connectivity index (χ1v) is 4.57. The lowest BCUT2D eigenvalue weighted by Gasteiger charge is -2.08. The first-order valence-electron chi connectivity index (χ1n) is 4.57. The Hall–Kier alpha value is -1.08. The van der Waals surface area contributed by atoms with Gasteiger partial charge in [0, 0.05) is 6.61 Å². The zero-order chi connectivity index (χ0) is 9.68. The first-order chi connectivity index (χ1) is 6.25. The topological polar surface area (TPSA) is 9.23 Å². The standard InChI is InChI=1S/C12H16O/c1-4-13-9-11-7-5-6-8-12(11)10(2)3/h5-8H,2,4,9H2,1,3H3. The molecule has 0 spiro atoms. The third-order valence-electron chi connectivity index (χ3n) is 1.94. The van der Waals surface area contributed by atoms with Crippen LogP contribution in [-0.2, 0) is 11.3 Å². The van der Waals surface area contributed by atoms with Crippen molar-refractivity contribution in [2.75, 3.05) is 6.61 Å². The second kappa shape index (κ2) is 4.83. The zero-order valence-electron chi connectivity index (χ0n) is 8.34. The molecule has 0 saturated heterocycles. The second-order valence-corrected chi connectivity index (χ2v) is 3.07. The van der Waals surface area contributed by atoms with Crippen molar-refractivity contribution >= 4 is 5.57 Å². The van der Waals surface area contributed by atoms with E-state index in [0.717, 1.165) is 12.2 Å². The molecular weight excluding hydrogens is 160 g/mol. The minimum absolute atomic E-state index is 0.680. The number of hydrogen-bond donors (Lipinski definition) is 0. The lowest BCUT2D eigenvalue weighted by Crippen LogP contribution is -1.95. The van der Waals surface area contributed by atoms with Gasteiger partial charge in [0.15, 0.2) is 0 Å². The Kier molecular flexibility index (Phi) is 3.71. The van der Waals surface area contributed by atoms with Gasteiger partial charge in [-0.2, -0.15) is 0 Å². The number of ether oxygens (including phenoxy) is 1. The molecule has 70 valence electrons. The van der Waals surface area contributed by atoms with Crippen molar-refractivity contribution in [3.05, 3.63) is 42.0 Å². The van der Waals surface area contributed by atoms with E-state index in [1.165, 1.54) is 11.1 Å². The van der Waals surface area contributed by atoms with E-state index in [-0.39, 0.29) is 0 Å². The maximum atomic E-state index is 5.37. The van der Waals surface area contributed by atoms with Crippen LogP contribution in [0.1, 0.15) is 25.0 Å². The van der Waals surface area contributed by atoms with E-state index < -0.39 is 0 Å². The normalized spacial score (nSPS) is 10.0. The molecule has 1 heteroatoms. The van der Waals surface area contributed by atoms with Crippen molar-refractivity contribution in [1.29, 1.82) is 0 Å². The van der Waals surface area contributed by atoms with E-state index in [0.29, 0.717) is 6.61 Å². The maximum absolute atomic E-state index is 5.37. The maximum Gasteiger partial charge on any atom is 0.0722 e. The molecule has 0 saturated carbocycles. The molecule has 0 bridgehead atoms. The molecule has 1 aromatic rings. The fourth-order valence-electron chi connectivity index (χ4n) is 1.27. The van der Waals surface area contributed by atoms with Crippen LogP contribution in [-0.4, -0.2) is 6.61 Å². The predicted octanol–water partition coefficient (Wildman–Crippen LogP) is 3.26. The van der Waals surface area contributed by atoms with Crippen LogP contribution in [0.15, 0.2) is 30.8 Å². The van der Waals surface area contributed by atoms with Gasteiger partial charge < -0.3 is 4.74 Å². The summed E-state index contributed by atoms with van der Waals surface area (Å²) in [6, 6.07) is 8.22. The van der Waals surface area contributed by atoms with Crippen molar-refractivity contribution in [2.24, 2.45) is 0 Å². The molecule has 0 fully saturated rings. The average Bonchev–Trinajstić information content (AvgIpc) is 2.15. The molecule has 1 rings (SSSR count). The van der Waals surface area contributed by atoms with Crippen LogP contribution in [0.4, 0.5) is 0 Å². The van der Waals surface area contributed by atoms with Crippen molar-refractivity contribution in [3.63, 3.8) is 0 Å². The quantitative estimate of drug-likeness (QED) is 0.684. The lowest BCUT2D eigenvalue weighted by atomic mass is 10.0. The molecule has 0 atom stereocenters. The third-order valence-corrected chi connectivity index (χ3v) is 1.94. The molecule has 0 N–H and O–H groups in total. The van der Waals surface area contributed by atoms with Crippen LogP contribution in [0, 0.1) is 0 Å². The Balaban J connectivity index is 2.84. The average molecular weight is 176 g/mol. The van der Waals surface area contributed by atoms with Gasteiger partial charge in [-0.05, 0) is 25.0 Å². The number of allylic oxidation sites excluding steroid dienone is 1. The van der Waals surface area contributed by atoms with Gasteiger partial charge in [-0.3, -0.25) is 0 Å². The van der Waals surface area contributed by atoms with E-state index in [9.17, 15) is 0 Å². The number of rotatable bonds is 4. The smallest absolute Gasteiger partial charge is 0.0722 e. The highest BCUT2D eigenvalue weighted by Gasteiger charge is 2.00. The fraction of sp³-hybridized carbons (Fsp3) is 0.333. The van der Waals surface area contributed by atoms with Gasteiger partial charge in [-0.1, -0.05) is 36.4 Å².